The summed E-state index contributed by atoms with van der Waals surface area (Å²) in [7, 11) is -3.82. The van der Waals surface area contributed by atoms with Crippen LogP contribution < -0.4 is 10.0 Å². The van der Waals surface area contributed by atoms with Crippen molar-refractivity contribution in [3.63, 3.8) is 0 Å². The zero-order valence-electron chi connectivity index (χ0n) is 16.6. The van der Waals surface area contributed by atoms with Crippen LogP contribution in [0.1, 0.15) is 36.9 Å². The van der Waals surface area contributed by atoms with E-state index in [0.29, 0.717) is 0 Å². The lowest BCUT2D eigenvalue weighted by atomic mass is 10.0. The van der Waals surface area contributed by atoms with E-state index in [1.54, 1.807) is 12.1 Å². The summed E-state index contributed by atoms with van der Waals surface area (Å²) in [5.74, 6) is -1.27. The van der Waals surface area contributed by atoms with Crippen LogP contribution >= 0.6 is 0 Å². The van der Waals surface area contributed by atoms with E-state index in [0.717, 1.165) is 24.0 Å². The van der Waals surface area contributed by atoms with Crippen LogP contribution in [0.15, 0.2) is 59.5 Å². The van der Waals surface area contributed by atoms with Gasteiger partial charge in [-0.25, -0.2) is 8.42 Å². The van der Waals surface area contributed by atoms with Gasteiger partial charge in [0.15, 0.2) is 6.61 Å². The summed E-state index contributed by atoms with van der Waals surface area (Å²) < 4.78 is 31.4. The molecule has 7 nitrogen and oxygen atoms in total. The molecule has 0 heterocycles. The van der Waals surface area contributed by atoms with Crippen LogP contribution in [0.5, 0.6) is 0 Å². The predicted octanol–water partition coefficient (Wildman–Crippen LogP) is 2.47. The maximum Gasteiger partial charge on any atom is 0.321 e. The molecule has 156 valence electrons. The van der Waals surface area contributed by atoms with Gasteiger partial charge in [-0.1, -0.05) is 61.4 Å². The van der Waals surface area contributed by atoms with Gasteiger partial charge in [0, 0.05) is 0 Å². The molecule has 0 fully saturated rings. The molecule has 0 aliphatic carbocycles. The molecule has 0 radical (unpaired) electrons. The van der Waals surface area contributed by atoms with E-state index in [-0.39, 0.29) is 10.9 Å². The first kappa shape index (κ1) is 22.6. The molecule has 29 heavy (non-hydrogen) atoms. The van der Waals surface area contributed by atoms with E-state index in [2.05, 4.69) is 10.0 Å². The van der Waals surface area contributed by atoms with Crippen LogP contribution in [0.2, 0.25) is 0 Å². The van der Waals surface area contributed by atoms with Crippen LogP contribution in [0, 0.1) is 6.92 Å². The Morgan fingerprint density at radius 1 is 1.03 bits per heavy atom. The van der Waals surface area contributed by atoms with Gasteiger partial charge in [0.25, 0.3) is 5.91 Å². The van der Waals surface area contributed by atoms with Crippen molar-refractivity contribution >= 4 is 21.9 Å². The number of nitrogens with one attached hydrogen (secondary N) is 2. The molecule has 2 aromatic rings. The van der Waals surface area contributed by atoms with E-state index in [1.807, 2.05) is 44.2 Å². The van der Waals surface area contributed by atoms with Crippen LogP contribution in [0.4, 0.5) is 0 Å². The second-order valence-corrected chi connectivity index (χ2v) is 8.38. The lowest BCUT2D eigenvalue weighted by Crippen LogP contribution is -2.35. The third-order valence-corrected chi connectivity index (χ3v) is 5.63. The lowest BCUT2D eigenvalue weighted by molar-refractivity contribution is -0.147. The zero-order valence-corrected chi connectivity index (χ0v) is 17.4. The van der Waals surface area contributed by atoms with Crippen molar-refractivity contribution in [2.75, 3.05) is 13.2 Å². The number of carbonyl (C=O) groups is 2. The molecule has 0 bridgehead atoms. The number of benzene rings is 2. The maximum absolute atomic E-state index is 12.2. The van der Waals surface area contributed by atoms with Crippen LogP contribution in [-0.2, 0) is 24.3 Å². The highest BCUT2D eigenvalue weighted by molar-refractivity contribution is 7.89. The molecular formula is C21H26N2O5S. The summed E-state index contributed by atoms with van der Waals surface area (Å²) in [6, 6.07) is 15.6. The van der Waals surface area contributed by atoms with Crippen LogP contribution in [0.3, 0.4) is 0 Å². The Bertz CT molecular complexity index is 912. The van der Waals surface area contributed by atoms with Crippen LogP contribution in [0.25, 0.3) is 0 Å². The van der Waals surface area contributed by atoms with Gasteiger partial charge in [0.05, 0.1) is 10.9 Å². The quantitative estimate of drug-likeness (QED) is 0.577. The molecule has 0 aliphatic rings. The standard InChI is InChI=1S/C21H26N2O5S/c1-3-7-19(17-8-5-4-6-9-17)23-20(24)15-28-21(25)14-22-29(26,27)18-12-10-16(2)11-13-18/h4-6,8-13,19,22H,3,7,14-15H2,1-2H3,(H,23,24)/t19-/m0/s1. The summed E-state index contributed by atoms with van der Waals surface area (Å²) in [6.45, 7) is 2.83. The molecular weight excluding hydrogens is 392 g/mol. The lowest BCUT2D eigenvalue weighted by Gasteiger charge is -2.18. The number of aryl methyl sites for hydroxylation is 1. The molecule has 1 atom stereocenters. The van der Waals surface area contributed by atoms with Gasteiger partial charge in [-0.05, 0) is 31.0 Å². The number of hydrogen-bond donors (Lipinski definition) is 2. The van der Waals surface area contributed by atoms with Gasteiger partial charge in [0.1, 0.15) is 6.54 Å². The van der Waals surface area contributed by atoms with Crippen molar-refractivity contribution in [3.8, 4) is 0 Å². The summed E-state index contributed by atoms with van der Waals surface area (Å²) in [6.07, 6.45) is 1.63. The number of rotatable bonds is 10. The normalized spacial score (nSPS) is 12.2. The SMILES string of the molecule is CCC[C@H](NC(=O)COC(=O)CNS(=O)(=O)c1ccc(C)cc1)c1ccccc1. The Morgan fingerprint density at radius 2 is 1.69 bits per heavy atom. The topological polar surface area (TPSA) is 102 Å². The van der Waals surface area contributed by atoms with E-state index in [9.17, 15) is 18.0 Å². The van der Waals surface area contributed by atoms with Crippen molar-refractivity contribution in [2.24, 2.45) is 0 Å². The van der Waals surface area contributed by atoms with Crippen molar-refractivity contribution in [2.45, 2.75) is 37.6 Å². The monoisotopic (exact) mass is 418 g/mol. The Morgan fingerprint density at radius 3 is 2.31 bits per heavy atom. The Hall–Kier alpha value is -2.71. The second-order valence-electron chi connectivity index (χ2n) is 6.62. The predicted molar refractivity (Wildman–Crippen MR) is 110 cm³/mol. The summed E-state index contributed by atoms with van der Waals surface area (Å²) in [4.78, 5) is 24.0. The maximum atomic E-state index is 12.2. The highest BCUT2D eigenvalue weighted by Crippen LogP contribution is 2.17. The number of ether oxygens (including phenoxy) is 1. The molecule has 2 N–H and O–H groups in total. The number of sulfonamides is 1. The minimum atomic E-state index is -3.82. The van der Waals surface area contributed by atoms with E-state index >= 15 is 0 Å². The van der Waals surface area contributed by atoms with Gasteiger partial charge < -0.3 is 10.1 Å². The van der Waals surface area contributed by atoms with Gasteiger partial charge in [-0.15, -0.1) is 0 Å². The average Bonchev–Trinajstić information content (AvgIpc) is 2.71. The Kier molecular flexibility index (Phi) is 8.35. The molecule has 8 heteroatoms. The highest BCUT2D eigenvalue weighted by Gasteiger charge is 2.18. The molecule has 0 unspecified atom stereocenters. The number of hydrogen-bond acceptors (Lipinski definition) is 5. The van der Waals surface area contributed by atoms with Gasteiger partial charge in [-0.3, -0.25) is 9.59 Å². The zero-order chi connectivity index (χ0) is 21.3. The Balaban J connectivity index is 1.82. The second kappa shape index (κ2) is 10.7. The van der Waals surface area contributed by atoms with E-state index in [1.165, 1.54) is 12.1 Å². The minimum absolute atomic E-state index is 0.0545. The molecule has 0 aromatic heterocycles. The fraction of sp³-hybridized carbons (Fsp3) is 0.333. The largest absolute Gasteiger partial charge is 0.455 e. The molecule has 1 amide bonds. The summed E-state index contributed by atoms with van der Waals surface area (Å²) in [5.41, 5.74) is 1.89. The van der Waals surface area contributed by atoms with Crippen molar-refractivity contribution in [1.82, 2.24) is 10.0 Å². The summed E-state index contributed by atoms with van der Waals surface area (Å²) in [5, 5.41) is 2.84. The van der Waals surface area contributed by atoms with Gasteiger partial charge >= 0.3 is 5.97 Å². The third kappa shape index (κ3) is 7.32. The molecule has 0 aliphatic heterocycles. The van der Waals surface area contributed by atoms with Gasteiger partial charge in [0.2, 0.25) is 10.0 Å². The van der Waals surface area contributed by atoms with Crippen LogP contribution in [-0.4, -0.2) is 33.4 Å². The first-order valence-electron chi connectivity index (χ1n) is 9.38. The smallest absolute Gasteiger partial charge is 0.321 e. The highest BCUT2D eigenvalue weighted by atomic mass is 32.2. The average molecular weight is 419 g/mol. The van der Waals surface area contributed by atoms with Gasteiger partial charge in [-0.2, -0.15) is 4.72 Å². The first-order valence-corrected chi connectivity index (χ1v) is 10.9. The van der Waals surface area contributed by atoms with E-state index in [4.69, 9.17) is 4.74 Å². The van der Waals surface area contributed by atoms with Crippen molar-refractivity contribution in [3.05, 3.63) is 65.7 Å². The molecule has 0 saturated heterocycles. The molecule has 2 aromatic carbocycles. The van der Waals surface area contributed by atoms with E-state index < -0.39 is 35.1 Å². The first-order chi connectivity index (χ1) is 13.8. The fourth-order valence-corrected chi connectivity index (χ4v) is 3.65. The number of carbonyl (C=O) groups excluding carboxylic acids is 2. The third-order valence-electron chi connectivity index (χ3n) is 4.22. The molecule has 0 saturated carbocycles. The minimum Gasteiger partial charge on any atom is -0.455 e. The molecule has 0 spiro atoms. The Labute approximate surface area is 171 Å². The number of amides is 1. The molecule has 2 rings (SSSR count). The fourth-order valence-electron chi connectivity index (χ4n) is 2.68. The summed E-state index contributed by atoms with van der Waals surface area (Å²) >= 11 is 0. The number of esters is 1. The van der Waals surface area contributed by atoms with Crippen molar-refractivity contribution in [1.29, 1.82) is 0 Å². The van der Waals surface area contributed by atoms with Crippen molar-refractivity contribution < 1.29 is 22.7 Å².